The van der Waals surface area contributed by atoms with Crippen LogP contribution in [0.1, 0.15) is 19.4 Å². The minimum atomic E-state index is -1.02. The number of rotatable bonds is 5. The minimum absolute atomic E-state index is 0.137. The van der Waals surface area contributed by atoms with Crippen LogP contribution in [0.2, 0.25) is 0 Å². The molecule has 23 heavy (non-hydrogen) atoms. The molecule has 1 atom stereocenters. The Morgan fingerprint density at radius 1 is 1.43 bits per heavy atom. The van der Waals surface area contributed by atoms with Crippen LogP contribution in [-0.4, -0.2) is 27.0 Å². The number of anilines is 1. The fourth-order valence-corrected chi connectivity index (χ4v) is 2.17. The van der Waals surface area contributed by atoms with Crippen molar-refractivity contribution in [3.05, 3.63) is 39.9 Å². The second-order valence-corrected chi connectivity index (χ2v) is 5.33. The van der Waals surface area contributed by atoms with Gasteiger partial charge in [-0.3, -0.25) is 10.1 Å². The first-order valence-electron chi connectivity index (χ1n) is 6.82. The number of benzene rings is 1. The number of nitriles is 1. The predicted molar refractivity (Wildman–Crippen MR) is 83.0 cm³/mol. The zero-order valence-corrected chi connectivity index (χ0v) is 12.5. The van der Waals surface area contributed by atoms with Crippen molar-refractivity contribution >= 4 is 28.4 Å². The van der Waals surface area contributed by atoms with Crippen LogP contribution in [0, 0.1) is 27.4 Å². The van der Waals surface area contributed by atoms with Gasteiger partial charge in [-0.2, -0.15) is 5.26 Å². The summed E-state index contributed by atoms with van der Waals surface area (Å²) in [6.45, 7) is 3.50. The van der Waals surface area contributed by atoms with E-state index in [1.54, 1.807) is 13.8 Å². The minimum Gasteiger partial charge on any atom is -0.480 e. The molecule has 0 fully saturated rings. The number of nitro groups is 1. The lowest BCUT2D eigenvalue weighted by atomic mass is 10.0. The molecule has 0 aliphatic carbocycles. The van der Waals surface area contributed by atoms with Gasteiger partial charge in [-0.05, 0) is 18.1 Å². The van der Waals surface area contributed by atoms with Crippen molar-refractivity contribution in [1.82, 2.24) is 4.98 Å². The van der Waals surface area contributed by atoms with Crippen LogP contribution >= 0.6 is 0 Å². The van der Waals surface area contributed by atoms with Crippen LogP contribution < -0.4 is 5.32 Å². The Kier molecular flexibility index (Phi) is 4.41. The summed E-state index contributed by atoms with van der Waals surface area (Å²) < 4.78 is 0. The van der Waals surface area contributed by atoms with E-state index in [-0.39, 0.29) is 23.0 Å². The van der Waals surface area contributed by atoms with Crippen molar-refractivity contribution in [1.29, 1.82) is 5.26 Å². The molecule has 0 saturated carbocycles. The molecule has 8 heteroatoms. The van der Waals surface area contributed by atoms with E-state index >= 15 is 0 Å². The number of carboxylic acids is 1. The molecular formula is C15H14N4O4. The highest BCUT2D eigenvalue weighted by Gasteiger charge is 2.22. The number of fused-ring (bicyclic) bond motifs is 1. The van der Waals surface area contributed by atoms with Gasteiger partial charge in [0.05, 0.1) is 22.1 Å². The summed E-state index contributed by atoms with van der Waals surface area (Å²) in [4.78, 5) is 25.8. The normalized spacial score (nSPS) is 11.9. The maximum atomic E-state index is 11.3. The van der Waals surface area contributed by atoms with Crippen LogP contribution in [0.3, 0.4) is 0 Å². The second kappa shape index (κ2) is 6.27. The summed E-state index contributed by atoms with van der Waals surface area (Å²) in [5, 5.41) is 32.4. The Hall–Kier alpha value is -3.21. The molecule has 1 aromatic heterocycles. The smallest absolute Gasteiger partial charge is 0.326 e. The monoisotopic (exact) mass is 314 g/mol. The molecule has 0 amide bonds. The van der Waals surface area contributed by atoms with E-state index < -0.39 is 16.9 Å². The molecule has 0 bridgehead atoms. The molecule has 0 radical (unpaired) electrons. The van der Waals surface area contributed by atoms with E-state index in [4.69, 9.17) is 0 Å². The number of carbonyl (C=O) groups is 1. The highest BCUT2D eigenvalue weighted by atomic mass is 16.6. The predicted octanol–water partition coefficient (Wildman–Crippen LogP) is 2.54. The van der Waals surface area contributed by atoms with Gasteiger partial charge < -0.3 is 10.4 Å². The van der Waals surface area contributed by atoms with Crippen molar-refractivity contribution in [3.63, 3.8) is 0 Å². The molecule has 2 rings (SSSR count). The van der Waals surface area contributed by atoms with Gasteiger partial charge in [-0.1, -0.05) is 13.8 Å². The quantitative estimate of drug-likeness (QED) is 0.640. The fourth-order valence-electron chi connectivity index (χ4n) is 2.17. The standard InChI is InChI=1S/C15H14N4O4/c1-8(2)14(15(20)21)18-13-5-9(7-16)11-6-10(19(22)23)3-4-12(11)17-13/h3-6,8,14H,1-2H3,(H,17,18)(H,20,21)/t14-/m0/s1. The van der Waals surface area contributed by atoms with Gasteiger partial charge in [-0.25, -0.2) is 9.78 Å². The average Bonchev–Trinajstić information content (AvgIpc) is 2.50. The molecule has 8 nitrogen and oxygen atoms in total. The molecule has 0 aliphatic heterocycles. The third-order valence-electron chi connectivity index (χ3n) is 3.36. The number of nitro benzene ring substituents is 1. The zero-order valence-electron chi connectivity index (χ0n) is 12.5. The van der Waals surface area contributed by atoms with E-state index in [0.717, 1.165) is 0 Å². The summed E-state index contributed by atoms with van der Waals surface area (Å²) >= 11 is 0. The number of hydrogen-bond donors (Lipinski definition) is 2. The third kappa shape index (κ3) is 3.35. The topological polar surface area (TPSA) is 129 Å². The van der Waals surface area contributed by atoms with E-state index in [1.807, 2.05) is 6.07 Å². The number of pyridine rings is 1. The Morgan fingerprint density at radius 2 is 2.13 bits per heavy atom. The Balaban J connectivity index is 2.52. The molecule has 0 unspecified atom stereocenters. The van der Waals surface area contributed by atoms with Gasteiger partial charge >= 0.3 is 5.97 Å². The number of hydrogen-bond acceptors (Lipinski definition) is 6. The first kappa shape index (κ1) is 16.2. The summed E-state index contributed by atoms with van der Waals surface area (Å²) in [5.41, 5.74) is 0.432. The van der Waals surface area contributed by atoms with Crippen molar-refractivity contribution in [2.24, 2.45) is 5.92 Å². The SMILES string of the molecule is CC(C)[C@H](Nc1cc(C#N)c2cc([N+](=O)[O-])ccc2n1)C(=O)O. The first-order valence-corrected chi connectivity index (χ1v) is 6.82. The lowest BCUT2D eigenvalue weighted by Gasteiger charge is -2.18. The average molecular weight is 314 g/mol. The highest BCUT2D eigenvalue weighted by molar-refractivity contribution is 5.88. The number of nitrogens with one attached hydrogen (secondary N) is 1. The molecule has 0 spiro atoms. The molecule has 2 N–H and O–H groups in total. The maximum Gasteiger partial charge on any atom is 0.326 e. The maximum absolute atomic E-state index is 11.3. The number of aliphatic carboxylic acids is 1. The van der Waals surface area contributed by atoms with Crippen LogP contribution in [0.15, 0.2) is 24.3 Å². The van der Waals surface area contributed by atoms with Gasteiger partial charge in [0.2, 0.25) is 0 Å². The number of non-ortho nitro benzene ring substituents is 1. The second-order valence-electron chi connectivity index (χ2n) is 5.33. The highest BCUT2D eigenvalue weighted by Crippen LogP contribution is 2.25. The van der Waals surface area contributed by atoms with Crippen molar-refractivity contribution in [2.45, 2.75) is 19.9 Å². The van der Waals surface area contributed by atoms with Crippen LogP contribution in [-0.2, 0) is 4.79 Å². The van der Waals surface area contributed by atoms with E-state index in [2.05, 4.69) is 10.3 Å². The van der Waals surface area contributed by atoms with Crippen molar-refractivity contribution in [3.8, 4) is 6.07 Å². The van der Waals surface area contributed by atoms with E-state index in [0.29, 0.717) is 10.9 Å². The molecule has 0 saturated heterocycles. The van der Waals surface area contributed by atoms with Crippen LogP contribution in [0.5, 0.6) is 0 Å². The Bertz CT molecular complexity index is 826. The van der Waals surface area contributed by atoms with Crippen molar-refractivity contribution in [2.75, 3.05) is 5.32 Å². The Labute approximate surface area is 131 Å². The summed E-state index contributed by atoms with van der Waals surface area (Å²) in [5.74, 6) is -0.972. The van der Waals surface area contributed by atoms with E-state index in [9.17, 15) is 25.3 Å². The number of nitrogens with zero attached hydrogens (tertiary/aromatic N) is 3. The van der Waals surface area contributed by atoms with Crippen molar-refractivity contribution < 1.29 is 14.8 Å². The third-order valence-corrected chi connectivity index (χ3v) is 3.36. The molecule has 1 aromatic carbocycles. The first-order chi connectivity index (χ1) is 10.8. The summed E-state index contributed by atoms with van der Waals surface area (Å²) in [6, 6.07) is 6.50. The molecule has 1 heterocycles. The lowest BCUT2D eigenvalue weighted by Crippen LogP contribution is -2.34. The molecule has 118 valence electrons. The summed E-state index contributed by atoms with van der Waals surface area (Å²) in [7, 11) is 0. The molecular weight excluding hydrogens is 300 g/mol. The van der Waals surface area contributed by atoms with Gasteiger partial charge in [0.15, 0.2) is 0 Å². The largest absolute Gasteiger partial charge is 0.480 e. The number of carboxylic acid groups (broad SMARTS) is 1. The van der Waals surface area contributed by atoms with Gasteiger partial charge in [0.25, 0.3) is 5.69 Å². The molecule has 0 aliphatic rings. The zero-order chi connectivity index (χ0) is 17.1. The van der Waals surface area contributed by atoms with Gasteiger partial charge in [-0.15, -0.1) is 0 Å². The molecule has 2 aromatic rings. The van der Waals surface area contributed by atoms with E-state index in [1.165, 1.54) is 24.3 Å². The van der Waals surface area contributed by atoms with Gasteiger partial charge in [0, 0.05) is 17.5 Å². The lowest BCUT2D eigenvalue weighted by molar-refractivity contribution is -0.384. The number of aromatic nitrogens is 1. The fraction of sp³-hybridized carbons (Fsp3) is 0.267. The van der Waals surface area contributed by atoms with Crippen LogP contribution in [0.25, 0.3) is 10.9 Å². The Morgan fingerprint density at radius 3 is 2.65 bits per heavy atom. The van der Waals surface area contributed by atoms with Crippen LogP contribution in [0.4, 0.5) is 11.5 Å². The van der Waals surface area contributed by atoms with Gasteiger partial charge in [0.1, 0.15) is 11.9 Å². The summed E-state index contributed by atoms with van der Waals surface area (Å²) in [6.07, 6.45) is 0.